The first-order valence-electron chi connectivity index (χ1n) is 5.09. The second-order valence-corrected chi connectivity index (χ2v) is 4.41. The Morgan fingerprint density at radius 3 is 2.69 bits per heavy atom. The van der Waals surface area contributed by atoms with Crippen LogP contribution < -0.4 is 0 Å². The SMILES string of the molecule is CN(C)CCC(=O)Cc1ccc(F)cc1Cl. The first-order valence-corrected chi connectivity index (χ1v) is 5.47. The van der Waals surface area contributed by atoms with E-state index < -0.39 is 0 Å². The first-order chi connectivity index (χ1) is 7.49. The van der Waals surface area contributed by atoms with Gasteiger partial charge in [0.25, 0.3) is 0 Å². The Morgan fingerprint density at radius 2 is 2.12 bits per heavy atom. The Hall–Kier alpha value is -0.930. The van der Waals surface area contributed by atoms with Crippen LogP contribution >= 0.6 is 11.6 Å². The van der Waals surface area contributed by atoms with Crippen molar-refractivity contribution in [1.82, 2.24) is 4.90 Å². The Morgan fingerprint density at radius 1 is 1.44 bits per heavy atom. The van der Waals surface area contributed by atoms with Crippen LogP contribution in [0.4, 0.5) is 4.39 Å². The lowest BCUT2D eigenvalue weighted by Crippen LogP contribution is -2.17. The number of Topliss-reactive ketones (excluding diaryl/α,β-unsaturated/α-hetero) is 1. The highest BCUT2D eigenvalue weighted by molar-refractivity contribution is 6.31. The number of carbonyl (C=O) groups excluding carboxylic acids is 1. The number of carbonyl (C=O) groups is 1. The van der Waals surface area contributed by atoms with Crippen molar-refractivity contribution in [2.24, 2.45) is 0 Å². The van der Waals surface area contributed by atoms with Gasteiger partial charge in [-0.15, -0.1) is 0 Å². The molecule has 1 aromatic carbocycles. The highest BCUT2D eigenvalue weighted by Crippen LogP contribution is 2.18. The predicted octanol–water partition coefficient (Wildman–Crippen LogP) is 2.54. The summed E-state index contributed by atoms with van der Waals surface area (Å²) in [6.07, 6.45) is 0.758. The molecule has 4 heteroatoms. The van der Waals surface area contributed by atoms with Crippen molar-refractivity contribution >= 4 is 17.4 Å². The van der Waals surface area contributed by atoms with Crippen molar-refractivity contribution in [3.05, 3.63) is 34.6 Å². The van der Waals surface area contributed by atoms with Crippen LogP contribution in [0.1, 0.15) is 12.0 Å². The fourth-order valence-corrected chi connectivity index (χ4v) is 1.55. The van der Waals surface area contributed by atoms with E-state index in [1.807, 2.05) is 19.0 Å². The van der Waals surface area contributed by atoms with E-state index in [9.17, 15) is 9.18 Å². The molecule has 2 nitrogen and oxygen atoms in total. The molecule has 0 radical (unpaired) electrons. The molecule has 0 aromatic heterocycles. The largest absolute Gasteiger partial charge is 0.309 e. The molecule has 0 saturated carbocycles. The average Bonchev–Trinajstić information content (AvgIpc) is 2.19. The van der Waals surface area contributed by atoms with Crippen LogP contribution in [0.5, 0.6) is 0 Å². The van der Waals surface area contributed by atoms with Gasteiger partial charge in [0.2, 0.25) is 0 Å². The summed E-state index contributed by atoms with van der Waals surface area (Å²) in [5.41, 5.74) is 0.687. The molecule has 0 fully saturated rings. The van der Waals surface area contributed by atoms with Gasteiger partial charge in [-0.05, 0) is 31.8 Å². The normalized spacial score (nSPS) is 10.8. The minimum Gasteiger partial charge on any atom is -0.309 e. The van der Waals surface area contributed by atoms with Crippen molar-refractivity contribution in [1.29, 1.82) is 0 Å². The first kappa shape index (κ1) is 13.1. The standard InChI is InChI=1S/C12H15ClFNO/c1-15(2)6-5-11(16)7-9-3-4-10(14)8-12(9)13/h3-4,8H,5-7H2,1-2H3. The van der Waals surface area contributed by atoms with Gasteiger partial charge >= 0.3 is 0 Å². The number of hydrogen-bond donors (Lipinski definition) is 0. The molecule has 0 atom stereocenters. The number of rotatable bonds is 5. The van der Waals surface area contributed by atoms with E-state index in [0.29, 0.717) is 17.0 Å². The van der Waals surface area contributed by atoms with Crippen LogP contribution in [0.3, 0.4) is 0 Å². The molecule has 0 aliphatic heterocycles. The summed E-state index contributed by atoms with van der Waals surface area (Å²) in [6, 6.07) is 4.11. The van der Waals surface area contributed by atoms with Crippen molar-refractivity contribution in [2.45, 2.75) is 12.8 Å². The molecule has 0 heterocycles. The summed E-state index contributed by atoms with van der Waals surface area (Å²) in [5.74, 6) is -0.267. The molecular formula is C12H15ClFNO. The highest BCUT2D eigenvalue weighted by Gasteiger charge is 2.08. The van der Waals surface area contributed by atoms with E-state index in [2.05, 4.69) is 0 Å². The number of halogens is 2. The molecule has 0 unspecified atom stereocenters. The molecule has 0 N–H and O–H groups in total. The number of hydrogen-bond acceptors (Lipinski definition) is 2. The third kappa shape index (κ3) is 4.29. The van der Waals surface area contributed by atoms with Crippen LogP contribution in [-0.2, 0) is 11.2 Å². The zero-order chi connectivity index (χ0) is 12.1. The molecule has 0 bridgehead atoms. The van der Waals surface area contributed by atoms with E-state index >= 15 is 0 Å². The number of nitrogens with zero attached hydrogens (tertiary/aromatic N) is 1. The van der Waals surface area contributed by atoms with Crippen LogP contribution in [0.15, 0.2) is 18.2 Å². The molecule has 0 aliphatic rings. The minimum atomic E-state index is -0.380. The Balaban J connectivity index is 2.56. The number of ketones is 1. The molecule has 16 heavy (non-hydrogen) atoms. The molecule has 0 aliphatic carbocycles. The van der Waals surface area contributed by atoms with Gasteiger partial charge in [0, 0.05) is 24.4 Å². The third-order valence-electron chi connectivity index (χ3n) is 2.24. The Labute approximate surface area is 100 Å². The van der Waals surface area contributed by atoms with Crippen LogP contribution in [-0.4, -0.2) is 31.3 Å². The smallest absolute Gasteiger partial charge is 0.138 e. The maximum atomic E-state index is 12.8. The topological polar surface area (TPSA) is 20.3 Å². The van der Waals surface area contributed by atoms with E-state index in [0.717, 1.165) is 6.54 Å². The van der Waals surface area contributed by atoms with Gasteiger partial charge in [0.05, 0.1) is 0 Å². The van der Waals surface area contributed by atoms with E-state index in [4.69, 9.17) is 11.6 Å². The predicted molar refractivity (Wildman–Crippen MR) is 63.3 cm³/mol. The summed E-state index contributed by atoms with van der Waals surface area (Å²) in [4.78, 5) is 13.5. The molecule has 0 amide bonds. The molecule has 0 saturated heterocycles. The molecule has 0 spiro atoms. The lowest BCUT2D eigenvalue weighted by atomic mass is 10.1. The molecule has 1 rings (SSSR count). The second-order valence-electron chi connectivity index (χ2n) is 4.00. The van der Waals surface area contributed by atoms with Gasteiger partial charge in [0.15, 0.2) is 0 Å². The lowest BCUT2D eigenvalue weighted by molar-refractivity contribution is -0.118. The van der Waals surface area contributed by atoms with Crippen LogP contribution in [0.2, 0.25) is 5.02 Å². The lowest BCUT2D eigenvalue weighted by Gasteiger charge is -2.08. The summed E-state index contributed by atoms with van der Waals surface area (Å²) in [7, 11) is 3.83. The fraction of sp³-hybridized carbons (Fsp3) is 0.417. The zero-order valence-corrected chi connectivity index (χ0v) is 10.2. The van der Waals surface area contributed by atoms with Gasteiger partial charge in [-0.1, -0.05) is 17.7 Å². The molecular weight excluding hydrogens is 229 g/mol. The monoisotopic (exact) mass is 243 g/mol. The van der Waals surface area contributed by atoms with Crippen LogP contribution in [0, 0.1) is 5.82 Å². The van der Waals surface area contributed by atoms with Crippen molar-refractivity contribution in [2.75, 3.05) is 20.6 Å². The summed E-state index contributed by atoms with van der Waals surface area (Å²) >= 11 is 5.83. The number of benzene rings is 1. The fourth-order valence-electron chi connectivity index (χ4n) is 1.31. The van der Waals surface area contributed by atoms with Crippen molar-refractivity contribution < 1.29 is 9.18 Å². The van der Waals surface area contributed by atoms with E-state index in [-0.39, 0.29) is 18.0 Å². The van der Waals surface area contributed by atoms with Gasteiger partial charge in [-0.2, -0.15) is 0 Å². The van der Waals surface area contributed by atoms with E-state index in [1.54, 1.807) is 6.07 Å². The Bertz CT molecular complexity index is 379. The summed E-state index contributed by atoms with van der Waals surface area (Å²) in [6.45, 7) is 0.720. The Kier molecular flexibility index (Phi) is 4.90. The van der Waals surface area contributed by atoms with Gasteiger partial charge < -0.3 is 4.90 Å². The maximum Gasteiger partial charge on any atom is 0.138 e. The second kappa shape index (κ2) is 5.97. The third-order valence-corrected chi connectivity index (χ3v) is 2.59. The highest BCUT2D eigenvalue weighted by atomic mass is 35.5. The summed E-state index contributed by atoms with van der Waals surface area (Å²) in [5, 5.41) is 0.318. The van der Waals surface area contributed by atoms with Crippen molar-refractivity contribution in [3.8, 4) is 0 Å². The quantitative estimate of drug-likeness (QED) is 0.792. The maximum absolute atomic E-state index is 12.8. The van der Waals surface area contributed by atoms with Gasteiger partial charge in [-0.25, -0.2) is 4.39 Å². The summed E-state index contributed by atoms with van der Waals surface area (Å²) < 4.78 is 12.8. The molecule has 1 aromatic rings. The van der Waals surface area contributed by atoms with E-state index in [1.165, 1.54) is 12.1 Å². The van der Waals surface area contributed by atoms with Gasteiger partial charge in [-0.3, -0.25) is 4.79 Å². The van der Waals surface area contributed by atoms with Crippen LogP contribution in [0.25, 0.3) is 0 Å². The van der Waals surface area contributed by atoms with Gasteiger partial charge in [0.1, 0.15) is 11.6 Å². The minimum absolute atomic E-state index is 0.113. The molecule has 88 valence electrons. The van der Waals surface area contributed by atoms with Crippen molar-refractivity contribution in [3.63, 3.8) is 0 Å². The average molecular weight is 244 g/mol. The zero-order valence-electron chi connectivity index (χ0n) is 9.46.